The van der Waals surface area contributed by atoms with Crippen molar-refractivity contribution in [2.24, 2.45) is 0 Å². The van der Waals surface area contributed by atoms with Crippen molar-refractivity contribution in [1.82, 2.24) is 0 Å². The summed E-state index contributed by atoms with van der Waals surface area (Å²) in [5, 5.41) is 0. The molecular formula is C16H12O3S. The van der Waals surface area contributed by atoms with Crippen LogP contribution in [0.25, 0.3) is 0 Å². The summed E-state index contributed by atoms with van der Waals surface area (Å²) >= 11 is 0. The van der Waals surface area contributed by atoms with Crippen molar-refractivity contribution < 1.29 is 13.7 Å². The van der Waals surface area contributed by atoms with Gasteiger partial charge in [0.05, 0.1) is 10.8 Å². The van der Waals surface area contributed by atoms with Gasteiger partial charge >= 0.3 is 5.97 Å². The third-order valence-electron chi connectivity index (χ3n) is 3.02. The second kappa shape index (κ2) is 5.43. The van der Waals surface area contributed by atoms with Crippen molar-refractivity contribution in [3.8, 4) is 0 Å². The zero-order valence-corrected chi connectivity index (χ0v) is 11.4. The Morgan fingerprint density at radius 3 is 2.15 bits per heavy atom. The Morgan fingerprint density at radius 1 is 0.900 bits per heavy atom. The molecule has 2 aromatic carbocycles. The molecule has 0 N–H and O–H groups in total. The maximum atomic E-state index is 12.4. The molecule has 2 aromatic rings. The Balaban J connectivity index is 1.90. The molecule has 1 aliphatic heterocycles. The zero-order chi connectivity index (χ0) is 13.9. The van der Waals surface area contributed by atoms with E-state index in [9.17, 15) is 9.00 Å². The predicted molar refractivity (Wildman–Crippen MR) is 76.2 cm³/mol. The highest BCUT2D eigenvalue weighted by Crippen LogP contribution is 2.30. The van der Waals surface area contributed by atoms with Crippen LogP contribution in [0, 0.1) is 0 Å². The Morgan fingerprint density at radius 2 is 1.50 bits per heavy atom. The quantitative estimate of drug-likeness (QED) is 0.814. The van der Waals surface area contributed by atoms with Gasteiger partial charge in [-0.05, 0) is 23.8 Å². The fourth-order valence-electron chi connectivity index (χ4n) is 2.03. The fourth-order valence-corrected chi connectivity index (χ4v) is 3.13. The number of hydrogen-bond acceptors (Lipinski definition) is 3. The van der Waals surface area contributed by atoms with E-state index in [1.165, 1.54) is 0 Å². The van der Waals surface area contributed by atoms with Gasteiger partial charge < -0.3 is 4.74 Å². The molecule has 100 valence electrons. The van der Waals surface area contributed by atoms with E-state index in [1.807, 2.05) is 36.4 Å². The van der Waals surface area contributed by atoms with E-state index in [-0.39, 0.29) is 4.91 Å². The molecule has 0 saturated carbocycles. The topological polar surface area (TPSA) is 43.4 Å². The van der Waals surface area contributed by atoms with Crippen molar-refractivity contribution in [2.75, 3.05) is 0 Å². The molecule has 0 radical (unpaired) electrons. The lowest BCUT2D eigenvalue weighted by atomic mass is 10.1. The first-order valence-electron chi connectivity index (χ1n) is 6.20. The Hall–Kier alpha value is -2.20. The largest absolute Gasteiger partial charge is 0.449 e. The van der Waals surface area contributed by atoms with Gasteiger partial charge in [-0.3, -0.25) is 0 Å². The average molecular weight is 284 g/mol. The van der Waals surface area contributed by atoms with Gasteiger partial charge in [-0.1, -0.05) is 48.5 Å². The summed E-state index contributed by atoms with van der Waals surface area (Å²) < 4.78 is 17.7. The van der Waals surface area contributed by atoms with Crippen molar-refractivity contribution in [3.05, 3.63) is 77.2 Å². The lowest BCUT2D eigenvalue weighted by molar-refractivity contribution is -0.139. The summed E-state index contributed by atoms with van der Waals surface area (Å²) in [5.41, 5.74) is 0.876. The van der Waals surface area contributed by atoms with E-state index < -0.39 is 22.9 Å². The summed E-state index contributed by atoms with van der Waals surface area (Å²) in [4.78, 5) is 12.7. The molecule has 0 aliphatic carbocycles. The summed E-state index contributed by atoms with van der Waals surface area (Å²) in [7, 11) is -1.50. The molecule has 0 aromatic heterocycles. The maximum absolute atomic E-state index is 12.4. The van der Waals surface area contributed by atoms with Crippen LogP contribution in [0.4, 0.5) is 0 Å². The molecule has 2 unspecified atom stereocenters. The van der Waals surface area contributed by atoms with Gasteiger partial charge in [0.2, 0.25) is 0 Å². The monoisotopic (exact) mass is 284 g/mol. The van der Waals surface area contributed by atoms with Crippen LogP contribution in [0.3, 0.4) is 0 Å². The molecular weight excluding hydrogens is 272 g/mol. The third kappa shape index (κ3) is 2.42. The van der Waals surface area contributed by atoms with E-state index >= 15 is 0 Å². The summed E-state index contributed by atoms with van der Waals surface area (Å²) in [6.45, 7) is 0. The molecule has 0 amide bonds. The number of ether oxygens (including phenoxy) is 1. The van der Waals surface area contributed by atoms with E-state index in [0.717, 1.165) is 5.56 Å². The van der Waals surface area contributed by atoms with E-state index in [1.54, 1.807) is 30.3 Å². The van der Waals surface area contributed by atoms with Crippen LogP contribution in [-0.4, -0.2) is 10.2 Å². The maximum Gasteiger partial charge on any atom is 0.348 e. The Labute approximate surface area is 119 Å². The first kappa shape index (κ1) is 12.8. The van der Waals surface area contributed by atoms with Crippen LogP contribution in [-0.2, 0) is 20.3 Å². The summed E-state index contributed by atoms with van der Waals surface area (Å²) in [6, 6.07) is 18.3. The highest BCUT2D eigenvalue weighted by molar-refractivity contribution is 7.90. The first-order valence-corrected chi connectivity index (χ1v) is 7.35. The van der Waals surface area contributed by atoms with Crippen molar-refractivity contribution in [3.63, 3.8) is 0 Å². The van der Waals surface area contributed by atoms with Gasteiger partial charge in [0.15, 0.2) is 0 Å². The highest BCUT2D eigenvalue weighted by atomic mass is 32.2. The van der Waals surface area contributed by atoms with Crippen molar-refractivity contribution in [1.29, 1.82) is 0 Å². The second-order valence-electron chi connectivity index (χ2n) is 4.35. The van der Waals surface area contributed by atoms with Gasteiger partial charge in [0, 0.05) is 4.90 Å². The molecule has 3 nitrogen and oxygen atoms in total. The van der Waals surface area contributed by atoms with E-state index in [4.69, 9.17) is 4.74 Å². The molecule has 4 heteroatoms. The summed E-state index contributed by atoms with van der Waals surface area (Å²) in [5.74, 6) is -0.513. The molecule has 2 atom stereocenters. The molecule has 0 spiro atoms. The van der Waals surface area contributed by atoms with E-state index in [2.05, 4.69) is 0 Å². The van der Waals surface area contributed by atoms with Gasteiger partial charge in [-0.2, -0.15) is 0 Å². The lowest BCUT2D eigenvalue weighted by Gasteiger charge is -2.07. The lowest BCUT2D eigenvalue weighted by Crippen LogP contribution is -2.06. The molecule has 0 bridgehead atoms. The summed E-state index contributed by atoms with van der Waals surface area (Å²) in [6.07, 6.45) is 1.19. The van der Waals surface area contributed by atoms with Crippen LogP contribution < -0.4 is 0 Å². The standard InChI is InChI=1S/C16H12O3S/c17-16-15(20(18)13-9-5-2-6-10-13)11-14(19-16)12-7-3-1-4-8-12/h1-11,14H. The van der Waals surface area contributed by atoms with Crippen LogP contribution in [0.2, 0.25) is 0 Å². The second-order valence-corrected chi connectivity index (χ2v) is 5.80. The van der Waals surface area contributed by atoms with Crippen molar-refractivity contribution >= 4 is 16.8 Å². The molecule has 0 saturated heterocycles. The minimum absolute atomic E-state index is 0.213. The zero-order valence-electron chi connectivity index (χ0n) is 10.6. The third-order valence-corrected chi connectivity index (χ3v) is 4.43. The van der Waals surface area contributed by atoms with Crippen molar-refractivity contribution in [2.45, 2.75) is 11.0 Å². The van der Waals surface area contributed by atoms with Crippen LogP contribution in [0.15, 0.2) is 76.5 Å². The van der Waals surface area contributed by atoms with Crippen LogP contribution in [0.1, 0.15) is 11.7 Å². The smallest absolute Gasteiger partial charge is 0.348 e. The highest BCUT2D eigenvalue weighted by Gasteiger charge is 2.31. The van der Waals surface area contributed by atoms with Gasteiger partial charge in [-0.25, -0.2) is 9.00 Å². The molecule has 3 rings (SSSR count). The van der Waals surface area contributed by atoms with Gasteiger partial charge in [0.1, 0.15) is 11.0 Å². The number of carbonyl (C=O) groups is 1. The molecule has 1 heterocycles. The minimum atomic E-state index is -1.50. The molecule has 20 heavy (non-hydrogen) atoms. The number of rotatable bonds is 3. The normalized spacial score (nSPS) is 19.3. The number of cyclic esters (lactones) is 1. The number of carbonyl (C=O) groups excluding carboxylic acids is 1. The first-order chi connectivity index (χ1) is 9.75. The minimum Gasteiger partial charge on any atom is -0.449 e. The van der Waals surface area contributed by atoms with E-state index in [0.29, 0.717) is 4.90 Å². The van der Waals surface area contributed by atoms with Gasteiger partial charge in [-0.15, -0.1) is 0 Å². The van der Waals surface area contributed by atoms with Crippen LogP contribution >= 0.6 is 0 Å². The van der Waals surface area contributed by atoms with Gasteiger partial charge in [0.25, 0.3) is 0 Å². The fraction of sp³-hybridized carbons (Fsp3) is 0.0625. The number of benzene rings is 2. The predicted octanol–water partition coefficient (Wildman–Crippen LogP) is 2.98. The Kier molecular flexibility index (Phi) is 3.48. The molecule has 1 aliphatic rings. The number of esters is 1. The van der Waals surface area contributed by atoms with Crippen LogP contribution in [0.5, 0.6) is 0 Å². The Bertz CT molecular complexity index is 677. The number of hydrogen-bond donors (Lipinski definition) is 0. The average Bonchev–Trinajstić information content (AvgIpc) is 2.90. The SMILES string of the molecule is O=C1OC(c2ccccc2)C=C1S(=O)c1ccccc1. The molecule has 0 fully saturated rings.